The molecule has 0 bridgehead atoms. The predicted molar refractivity (Wildman–Crippen MR) is 245 cm³/mol. The van der Waals surface area contributed by atoms with Gasteiger partial charge in [0.25, 0.3) is 0 Å². The smallest absolute Gasteiger partial charge is 0.164 e. The normalized spacial score (nSPS) is 12.1. The number of fused-ring (bicyclic) bond motifs is 5. The van der Waals surface area contributed by atoms with Crippen LogP contribution in [0.3, 0.4) is 0 Å². The highest BCUT2D eigenvalue weighted by Crippen LogP contribution is 2.44. The average molecular weight is 750 g/mol. The van der Waals surface area contributed by atoms with Gasteiger partial charge in [-0.3, -0.25) is 0 Å². The molecule has 0 atom stereocenters. The van der Waals surface area contributed by atoms with Crippen molar-refractivity contribution in [3.8, 4) is 45.3 Å². The van der Waals surface area contributed by atoms with E-state index in [0.29, 0.717) is 17.5 Å². The van der Waals surface area contributed by atoms with E-state index in [1.54, 1.807) is 0 Å². The predicted octanol–water partition coefficient (Wildman–Crippen LogP) is 14.8. The molecule has 2 heterocycles. The number of rotatable bonds is 4. The first-order valence-corrected chi connectivity index (χ1v) is 20.0. The number of hydrogen-bond acceptors (Lipinski definition) is 4. The minimum atomic E-state index is 0.620. The summed E-state index contributed by atoms with van der Waals surface area (Å²) >= 11 is 0. The second-order valence-corrected chi connectivity index (χ2v) is 15.5. The summed E-state index contributed by atoms with van der Waals surface area (Å²) in [6, 6.07) is 67.0. The van der Waals surface area contributed by atoms with Crippen LogP contribution in [0, 0.1) is 0 Å². The molecule has 0 aliphatic carbocycles. The van der Waals surface area contributed by atoms with Crippen LogP contribution in [0.5, 0.6) is 0 Å². The van der Waals surface area contributed by atoms with Crippen molar-refractivity contribution < 1.29 is 4.42 Å². The van der Waals surface area contributed by atoms with Crippen LogP contribution in [0.15, 0.2) is 192 Å². The van der Waals surface area contributed by atoms with Crippen molar-refractivity contribution in [2.24, 2.45) is 0 Å². The molecular formula is C55H31N3O. The largest absolute Gasteiger partial charge is 0.456 e. The van der Waals surface area contributed by atoms with Crippen molar-refractivity contribution in [1.29, 1.82) is 0 Å². The lowest BCUT2D eigenvalue weighted by Crippen LogP contribution is -2.00. The van der Waals surface area contributed by atoms with Crippen molar-refractivity contribution in [1.82, 2.24) is 15.0 Å². The molecule has 0 N–H and O–H groups in total. The SMILES string of the molecule is c1ccc(-c2nc(-c3cccc(-c4ccc5oc6ccccc6c5c4)c3)nc(-c3cc4ccc5cccc6c7cccc8ccc9cccc(c(c3)c4c56)c9c87)n2)cc1. The Morgan fingerprint density at radius 2 is 0.729 bits per heavy atom. The van der Waals surface area contributed by atoms with Crippen LogP contribution in [-0.4, -0.2) is 15.0 Å². The molecule has 13 rings (SSSR count). The molecule has 0 saturated heterocycles. The molecule has 4 nitrogen and oxygen atoms in total. The molecule has 272 valence electrons. The highest BCUT2D eigenvalue weighted by molar-refractivity contribution is 6.37. The van der Waals surface area contributed by atoms with Gasteiger partial charge in [-0.2, -0.15) is 0 Å². The Bertz CT molecular complexity index is 3840. The van der Waals surface area contributed by atoms with E-state index in [2.05, 4.69) is 158 Å². The van der Waals surface area contributed by atoms with Gasteiger partial charge in [0.05, 0.1) is 0 Å². The molecular weight excluding hydrogens is 719 g/mol. The monoisotopic (exact) mass is 749 g/mol. The van der Waals surface area contributed by atoms with Crippen LogP contribution >= 0.6 is 0 Å². The molecule has 0 spiro atoms. The van der Waals surface area contributed by atoms with E-state index in [1.807, 2.05) is 30.3 Å². The maximum Gasteiger partial charge on any atom is 0.164 e. The third-order valence-electron chi connectivity index (χ3n) is 12.2. The summed E-state index contributed by atoms with van der Waals surface area (Å²) in [5.41, 5.74) is 6.73. The molecule has 4 heteroatoms. The highest BCUT2D eigenvalue weighted by Gasteiger charge is 2.19. The summed E-state index contributed by atoms with van der Waals surface area (Å²) < 4.78 is 6.15. The van der Waals surface area contributed by atoms with Crippen molar-refractivity contribution in [2.45, 2.75) is 0 Å². The van der Waals surface area contributed by atoms with Crippen molar-refractivity contribution >= 4 is 86.6 Å². The Balaban J connectivity index is 1.07. The van der Waals surface area contributed by atoms with Crippen LogP contribution in [0.4, 0.5) is 0 Å². The summed E-state index contributed by atoms with van der Waals surface area (Å²) in [6.45, 7) is 0. The lowest BCUT2D eigenvalue weighted by atomic mass is 9.87. The summed E-state index contributed by atoms with van der Waals surface area (Å²) in [5.74, 6) is 1.88. The lowest BCUT2D eigenvalue weighted by molar-refractivity contribution is 0.669. The second kappa shape index (κ2) is 12.3. The number of benzene rings is 10. The maximum absolute atomic E-state index is 6.15. The Labute approximate surface area is 338 Å². The quantitative estimate of drug-likeness (QED) is 0.168. The van der Waals surface area contributed by atoms with Gasteiger partial charge >= 0.3 is 0 Å². The van der Waals surface area contributed by atoms with Crippen LogP contribution in [0.2, 0.25) is 0 Å². The van der Waals surface area contributed by atoms with Gasteiger partial charge in [0.15, 0.2) is 17.5 Å². The van der Waals surface area contributed by atoms with E-state index in [-0.39, 0.29) is 0 Å². The van der Waals surface area contributed by atoms with Crippen LogP contribution in [0.25, 0.3) is 132 Å². The van der Waals surface area contributed by atoms with Gasteiger partial charge in [-0.25, -0.2) is 15.0 Å². The second-order valence-electron chi connectivity index (χ2n) is 15.5. The fraction of sp³-hybridized carbons (Fsp3) is 0. The fourth-order valence-electron chi connectivity index (χ4n) is 9.51. The molecule has 2 aromatic heterocycles. The van der Waals surface area contributed by atoms with E-state index in [4.69, 9.17) is 19.4 Å². The number of para-hydroxylation sites is 1. The molecule has 0 fully saturated rings. The van der Waals surface area contributed by atoms with Crippen molar-refractivity contribution in [3.05, 3.63) is 188 Å². The van der Waals surface area contributed by atoms with Crippen LogP contribution in [-0.2, 0) is 0 Å². The summed E-state index contributed by atoms with van der Waals surface area (Å²) in [7, 11) is 0. The van der Waals surface area contributed by atoms with Gasteiger partial charge in [-0.1, -0.05) is 152 Å². The molecule has 0 radical (unpaired) electrons. The zero-order valence-corrected chi connectivity index (χ0v) is 31.6. The van der Waals surface area contributed by atoms with E-state index in [1.165, 1.54) is 59.2 Å². The third-order valence-corrected chi connectivity index (χ3v) is 12.2. The molecule has 0 saturated carbocycles. The molecule has 11 aromatic carbocycles. The lowest BCUT2D eigenvalue weighted by Gasteiger charge is -2.17. The number of aromatic nitrogens is 3. The first-order valence-electron chi connectivity index (χ1n) is 20.0. The maximum atomic E-state index is 6.15. The van der Waals surface area contributed by atoms with Gasteiger partial charge in [-0.05, 0) is 112 Å². The number of nitrogens with zero attached hydrogens (tertiary/aromatic N) is 3. The van der Waals surface area contributed by atoms with Gasteiger partial charge in [0.1, 0.15) is 11.2 Å². The Morgan fingerprint density at radius 3 is 1.44 bits per heavy atom. The molecule has 0 aliphatic rings. The number of hydrogen-bond donors (Lipinski definition) is 0. The Morgan fingerprint density at radius 1 is 0.254 bits per heavy atom. The standard InChI is InChI=1S/C55H31N3O/c1-2-10-35(11-3-1)53-56-54(39-16-6-15-36(28-39)37-26-27-48-45(30-37)41-17-4-5-21-47(41)59-48)58-55(57-53)40-29-38-25-24-34-13-8-19-43-42-18-7-12-32-22-23-33-14-9-20-44(51(33)49(32)42)46(31-40)52(38)50(34)43/h1-31H. The van der Waals surface area contributed by atoms with E-state index in [0.717, 1.165) is 55.1 Å². The van der Waals surface area contributed by atoms with Gasteiger partial charge < -0.3 is 4.42 Å². The fourth-order valence-corrected chi connectivity index (χ4v) is 9.51. The third kappa shape index (κ3) is 4.87. The minimum absolute atomic E-state index is 0.620. The van der Waals surface area contributed by atoms with Crippen LogP contribution in [0.1, 0.15) is 0 Å². The Kier molecular flexibility index (Phi) is 6.69. The summed E-state index contributed by atoms with van der Waals surface area (Å²) in [4.78, 5) is 15.7. The number of furan rings is 1. The summed E-state index contributed by atoms with van der Waals surface area (Å²) in [5, 5.41) is 17.0. The molecule has 0 aliphatic heterocycles. The van der Waals surface area contributed by atoms with E-state index < -0.39 is 0 Å². The topological polar surface area (TPSA) is 51.8 Å². The van der Waals surface area contributed by atoms with Crippen molar-refractivity contribution in [3.63, 3.8) is 0 Å². The van der Waals surface area contributed by atoms with E-state index >= 15 is 0 Å². The van der Waals surface area contributed by atoms with Gasteiger partial charge in [0.2, 0.25) is 0 Å². The first kappa shape index (κ1) is 32.2. The first-order chi connectivity index (χ1) is 29.2. The minimum Gasteiger partial charge on any atom is -0.456 e. The zero-order valence-electron chi connectivity index (χ0n) is 31.6. The van der Waals surface area contributed by atoms with Gasteiger partial charge in [-0.15, -0.1) is 0 Å². The molecule has 0 amide bonds. The van der Waals surface area contributed by atoms with Crippen LogP contribution < -0.4 is 0 Å². The van der Waals surface area contributed by atoms with Crippen molar-refractivity contribution in [2.75, 3.05) is 0 Å². The van der Waals surface area contributed by atoms with Gasteiger partial charge in [0, 0.05) is 27.5 Å². The Hall–Kier alpha value is -7.95. The molecule has 59 heavy (non-hydrogen) atoms. The molecule has 0 unspecified atom stereocenters. The zero-order chi connectivity index (χ0) is 38.6. The summed E-state index contributed by atoms with van der Waals surface area (Å²) in [6.07, 6.45) is 0. The molecule has 13 aromatic rings. The highest BCUT2D eigenvalue weighted by atomic mass is 16.3. The van der Waals surface area contributed by atoms with E-state index in [9.17, 15) is 0 Å². The average Bonchev–Trinajstić information content (AvgIpc) is 3.68.